The Morgan fingerprint density at radius 3 is 2.50 bits per heavy atom. The standard InChI is InChI=1S/C16H17BrN2O/c1-3-19(11-15-6-4-5-12(2)18-15)16(20)13-7-9-14(17)10-8-13/h4-10H,3,11H2,1-2H3. The number of aromatic nitrogens is 1. The minimum absolute atomic E-state index is 0.0308. The van der Waals surface area contributed by atoms with E-state index in [-0.39, 0.29) is 5.91 Å². The van der Waals surface area contributed by atoms with Gasteiger partial charge in [0.25, 0.3) is 5.91 Å². The molecule has 1 aromatic heterocycles. The van der Waals surface area contributed by atoms with Crippen molar-refractivity contribution in [2.45, 2.75) is 20.4 Å². The predicted molar refractivity (Wildman–Crippen MR) is 83.5 cm³/mol. The lowest BCUT2D eigenvalue weighted by Gasteiger charge is -2.20. The molecule has 2 rings (SSSR count). The molecule has 3 nitrogen and oxygen atoms in total. The zero-order chi connectivity index (χ0) is 14.5. The molecule has 0 saturated heterocycles. The zero-order valence-corrected chi connectivity index (χ0v) is 13.2. The molecule has 1 aromatic carbocycles. The van der Waals surface area contributed by atoms with E-state index in [0.717, 1.165) is 15.9 Å². The summed E-state index contributed by atoms with van der Waals surface area (Å²) >= 11 is 3.38. The molecule has 0 atom stereocenters. The normalized spacial score (nSPS) is 10.3. The van der Waals surface area contributed by atoms with Gasteiger partial charge in [-0.15, -0.1) is 0 Å². The van der Waals surface area contributed by atoms with Crippen LogP contribution < -0.4 is 0 Å². The minimum Gasteiger partial charge on any atom is -0.333 e. The van der Waals surface area contributed by atoms with Gasteiger partial charge in [0.05, 0.1) is 12.2 Å². The Hall–Kier alpha value is -1.68. The smallest absolute Gasteiger partial charge is 0.254 e. The van der Waals surface area contributed by atoms with Crippen LogP contribution in [0.4, 0.5) is 0 Å². The third kappa shape index (κ3) is 3.67. The molecular formula is C16H17BrN2O. The van der Waals surface area contributed by atoms with Gasteiger partial charge < -0.3 is 4.90 Å². The third-order valence-electron chi connectivity index (χ3n) is 3.06. The van der Waals surface area contributed by atoms with Crippen molar-refractivity contribution in [2.24, 2.45) is 0 Å². The van der Waals surface area contributed by atoms with E-state index in [2.05, 4.69) is 20.9 Å². The summed E-state index contributed by atoms with van der Waals surface area (Å²) in [6.07, 6.45) is 0. The molecule has 4 heteroatoms. The van der Waals surface area contributed by atoms with E-state index >= 15 is 0 Å². The molecule has 0 aliphatic rings. The summed E-state index contributed by atoms with van der Waals surface area (Å²) in [7, 11) is 0. The Morgan fingerprint density at radius 1 is 1.20 bits per heavy atom. The number of amides is 1. The van der Waals surface area contributed by atoms with E-state index in [0.29, 0.717) is 18.7 Å². The molecule has 2 aromatic rings. The number of pyridine rings is 1. The SMILES string of the molecule is CCN(Cc1cccc(C)n1)C(=O)c1ccc(Br)cc1. The van der Waals surface area contributed by atoms with Gasteiger partial charge in [-0.1, -0.05) is 22.0 Å². The summed E-state index contributed by atoms with van der Waals surface area (Å²) in [4.78, 5) is 18.7. The molecule has 104 valence electrons. The molecule has 0 aliphatic heterocycles. The van der Waals surface area contributed by atoms with Crippen LogP contribution in [0.1, 0.15) is 28.7 Å². The molecule has 0 spiro atoms. The first-order chi connectivity index (χ1) is 9.60. The lowest BCUT2D eigenvalue weighted by molar-refractivity contribution is 0.0750. The molecule has 0 N–H and O–H groups in total. The van der Waals surface area contributed by atoms with Crippen LogP contribution in [0.3, 0.4) is 0 Å². The molecule has 0 aliphatic carbocycles. The number of benzene rings is 1. The van der Waals surface area contributed by atoms with Crippen molar-refractivity contribution in [3.8, 4) is 0 Å². The van der Waals surface area contributed by atoms with Gasteiger partial charge in [-0.3, -0.25) is 9.78 Å². The number of hydrogen-bond donors (Lipinski definition) is 0. The van der Waals surface area contributed by atoms with E-state index in [9.17, 15) is 4.79 Å². The van der Waals surface area contributed by atoms with E-state index < -0.39 is 0 Å². The van der Waals surface area contributed by atoms with Crippen molar-refractivity contribution in [1.82, 2.24) is 9.88 Å². The van der Waals surface area contributed by atoms with E-state index in [1.54, 1.807) is 4.90 Å². The Morgan fingerprint density at radius 2 is 1.90 bits per heavy atom. The van der Waals surface area contributed by atoms with Crippen molar-refractivity contribution in [3.05, 3.63) is 63.9 Å². The summed E-state index contributed by atoms with van der Waals surface area (Å²) in [5.41, 5.74) is 2.58. The quantitative estimate of drug-likeness (QED) is 0.852. The molecule has 1 amide bonds. The number of nitrogens with zero attached hydrogens (tertiary/aromatic N) is 2. The van der Waals surface area contributed by atoms with Crippen LogP contribution in [0.25, 0.3) is 0 Å². The highest BCUT2D eigenvalue weighted by atomic mass is 79.9. The van der Waals surface area contributed by atoms with Crippen molar-refractivity contribution < 1.29 is 4.79 Å². The minimum atomic E-state index is 0.0308. The monoisotopic (exact) mass is 332 g/mol. The maximum atomic E-state index is 12.5. The third-order valence-corrected chi connectivity index (χ3v) is 3.59. The average molecular weight is 333 g/mol. The van der Waals surface area contributed by atoms with Gasteiger partial charge in [-0.05, 0) is 50.2 Å². The summed E-state index contributed by atoms with van der Waals surface area (Å²) in [6, 6.07) is 13.3. The molecule has 20 heavy (non-hydrogen) atoms. The Balaban J connectivity index is 2.15. The zero-order valence-electron chi connectivity index (χ0n) is 11.6. The van der Waals surface area contributed by atoms with E-state index in [4.69, 9.17) is 0 Å². The maximum absolute atomic E-state index is 12.5. The van der Waals surface area contributed by atoms with Crippen LogP contribution >= 0.6 is 15.9 Å². The van der Waals surface area contributed by atoms with Crippen molar-refractivity contribution in [2.75, 3.05) is 6.54 Å². The number of rotatable bonds is 4. The lowest BCUT2D eigenvalue weighted by Crippen LogP contribution is -2.30. The average Bonchev–Trinajstić information content (AvgIpc) is 2.45. The first-order valence-electron chi connectivity index (χ1n) is 6.57. The first kappa shape index (κ1) is 14.7. The highest BCUT2D eigenvalue weighted by Gasteiger charge is 2.14. The predicted octanol–water partition coefficient (Wildman–Crippen LogP) is 3.81. The Kier molecular flexibility index (Phi) is 4.90. The topological polar surface area (TPSA) is 33.2 Å². The van der Waals surface area contributed by atoms with Gasteiger partial charge in [0, 0.05) is 22.3 Å². The van der Waals surface area contributed by atoms with Gasteiger partial charge in [0.15, 0.2) is 0 Å². The second kappa shape index (κ2) is 6.66. The fourth-order valence-electron chi connectivity index (χ4n) is 1.99. The summed E-state index contributed by atoms with van der Waals surface area (Å²) < 4.78 is 0.970. The van der Waals surface area contributed by atoms with Gasteiger partial charge in [-0.2, -0.15) is 0 Å². The van der Waals surface area contributed by atoms with Crippen LogP contribution in [0.15, 0.2) is 46.9 Å². The molecule has 0 saturated carbocycles. The lowest BCUT2D eigenvalue weighted by atomic mass is 10.2. The van der Waals surface area contributed by atoms with Gasteiger partial charge >= 0.3 is 0 Å². The number of carbonyl (C=O) groups is 1. The summed E-state index contributed by atoms with van der Waals surface area (Å²) in [5, 5.41) is 0. The summed E-state index contributed by atoms with van der Waals surface area (Å²) in [6.45, 7) is 5.13. The largest absolute Gasteiger partial charge is 0.333 e. The van der Waals surface area contributed by atoms with Crippen LogP contribution in [0, 0.1) is 6.92 Å². The van der Waals surface area contributed by atoms with Gasteiger partial charge in [0.1, 0.15) is 0 Å². The summed E-state index contributed by atoms with van der Waals surface area (Å²) in [5.74, 6) is 0.0308. The van der Waals surface area contributed by atoms with Crippen molar-refractivity contribution in [1.29, 1.82) is 0 Å². The highest BCUT2D eigenvalue weighted by Crippen LogP contribution is 2.13. The van der Waals surface area contributed by atoms with Crippen molar-refractivity contribution in [3.63, 3.8) is 0 Å². The van der Waals surface area contributed by atoms with E-state index in [1.807, 2.05) is 56.3 Å². The van der Waals surface area contributed by atoms with Crippen LogP contribution in [-0.2, 0) is 6.54 Å². The van der Waals surface area contributed by atoms with Crippen LogP contribution in [0.2, 0.25) is 0 Å². The molecule has 0 radical (unpaired) electrons. The van der Waals surface area contributed by atoms with E-state index in [1.165, 1.54) is 0 Å². The molecule has 0 unspecified atom stereocenters. The van der Waals surface area contributed by atoms with Gasteiger partial charge in [-0.25, -0.2) is 0 Å². The Bertz CT molecular complexity index is 596. The highest BCUT2D eigenvalue weighted by molar-refractivity contribution is 9.10. The number of halogens is 1. The van der Waals surface area contributed by atoms with Crippen LogP contribution in [0.5, 0.6) is 0 Å². The molecule has 1 heterocycles. The van der Waals surface area contributed by atoms with Crippen LogP contribution in [-0.4, -0.2) is 22.3 Å². The van der Waals surface area contributed by atoms with Crippen molar-refractivity contribution >= 4 is 21.8 Å². The number of carbonyl (C=O) groups excluding carboxylic acids is 1. The van der Waals surface area contributed by atoms with Gasteiger partial charge in [0.2, 0.25) is 0 Å². The molecular weight excluding hydrogens is 316 g/mol. The molecule has 0 bridgehead atoms. The fourth-order valence-corrected chi connectivity index (χ4v) is 2.25. The maximum Gasteiger partial charge on any atom is 0.254 e. The second-order valence-corrected chi connectivity index (χ2v) is 5.51. The number of hydrogen-bond acceptors (Lipinski definition) is 2. The second-order valence-electron chi connectivity index (χ2n) is 4.60. The number of aryl methyl sites for hydroxylation is 1. The first-order valence-corrected chi connectivity index (χ1v) is 7.37. The fraction of sp³-hybridized carbons (Fsp3) is 0.250. The molecule has 0 fully saturated rings. The Labute approximate surface area is 127 Å².